The van der Waals surface area contributed by atoms with E-state index in [1.165, 1.54) is 0 Å². The maximum atomic E-state index is 11.3. The number of aliphatic carboxylic acids is 1. The van der Waals surface area contributed by atoms with Gasteiger partial charge in [0.2, 0.25) is 0 Å². The monoisotopic (exact) mass is 363 g/mol. The number of carboxylic acids is 1. The number of nitro groups is 1. The number of benzene rings is 1. The van der Waals surface area contributed by atoms with Gasteiger partial charge in [0.1, 0.15) is 0 Å². The second-order valence-corrected chi connectivity index (χ2v) is 7.27. The minimum Gasteiger partial charge on any atom is -0.480 e. The summed E-state index contributed by atoms with van der Waals surface area (Å²) in [5.41, 5.74) is 1.92. The Morgan fingerprint density at radius 1 is 1.38 bits per heavy atom. The van der Waals surface area contributed by atoms with Gasteiger partial charge < -0.3 is 5.11 Å². The van der Waals surface area contributed by atoms with Gasteiger partial charge in [0.05, 0.1) is 11.5 Å². The Bertz CT molecular complexity index is 640. The molecule has 0 unspecified atom stereocenters. The molecule has 2 rings (SSSR count). The van der Waals surface area contributed by atoms with E-state index in [1.54, 1.807) is 6.07 Å². The molecule has 1 aliphatic rings. The van der Waals surface area contributed by atoms with Crippen LogP contribution in [0, 0.1) is 10.1 Å². The third-order valence-corrected chi connectivity index (χ3v) is 5.14. The number of piperidine rings is 1. The van der Waals surface area contributed by atoms with Gasteiger partial charge in [-0.1, -0.05) is 32.9 Å². The normalized spacial score (nSPS) is 16.3. The van der Waals surface area contributed by atoms with Crippen LogP contribution in [0.25, 0.3) is 0 Å². The number of likely N-dealkylation sites (N-methyl/N-ethyl adjacent to an activating group) is 1. The third kappa shape index (κ3) is 5.25. The fraction of sp³-hybridized carbons (Fsp3) is 0.632. The molecule has 7 nitrogen and oxygen atoms in total. The van der Waals surface area contributed by atoms with Crippen LogP contribution in [0.4, 0.5) is 5.69 Å². The summed E-state index contributed by atoms with van der Waals surface area (Å²) in [5.74, 6) is -0.665. The first kappa shape index (κ1) is 20.3. The zero-order chi connectivity index (χ0) is 19.3. The molecule has 0 spiro atoms. The molecule has 7 heteroatoms. The molecule has 0 aliphatic carbocycles. The van der Waals surface area contributed by atoms with Crippen LogP contribution in [-0.2, 0) is 11.3 Å². The number of nitrogens with zero attached hydrogens (tertiary/aromatic N) is 3. The van der Waals surface area contributed by atoms with Gasteiger partial charge in [-0.05, 0) is 44.0 Å². The average molecular weight is 363 g/mol. The van der Waals surface area contributed by atoms with E-state index in [4.69, 9.17) is 5.11 Å². The smallest absolute Gasteiger partial charge is 0.317 e. The Hall–Kier alpha value is -1.99. The fourth-order valence-corrected chi connectivity index (χ4v) is 3.71. The minimum absolute atomic E-state index is 0.0873. The summed E-state index contributed by atoms with van der Waals surface area (Å²) in [7, 11) is 0. The molecular weight excluding hydrogens is 334 g/mol. The highest BCUT2D eigenvalue weighted by Crippen LogP contribution is 2.28. The standard InChI is InChI=1S/C19H29N3O4/c1-4-21(13-19(23)24)16-7-9-20(10-8-16)12-15-5-6-17(14(2)3)18(11-15)22(25)26/h5-6,11,14,16H,4,7-10,12-13H2,1-3H3,(H,23,24). The van der Waals surface area contributed by atoms with Gasteiger partial charge in [0, 0.05) is 24.2 Å². The maximum absolute atomic E-state index is 11.3. The van der Waals surface area contributed by atoms with Crippen molar-refractivity contribution in [1.29, 1.82) is 0 Å². The average Bonchev–Trinajstić information content (AvgIpc) is 2.60. The van der Waals surface area contributed by atoms with Crippen LogP contribution < -0.4 is 0 Å². The van der Waals surface area contributed by atoms with Crippen molar-refractivity contribution in [2.75, 3.05) is 26.2 Å². The van der Waals surface area contributed by atoms with Crippen molar-refractivity contribution in [3.05, 3.63) is 39.4 Å². The lowest BCUT2D eigenvalue weighted by molar-refractivity contribution is -0.385. The quantitative estimate of drug-likeness (QED) is 0.564. The molecule has 0 amide bonds. The van der Waals surface area contributed by atoms with Gasteiger partial charge in [-0.2, -0.15) is 0 Å². The second kappa shape index (κ2) is 9.09. The molecular formula is C19H29N3O4. The summed E-state index contributed by atoms with van der Waals surface area (Å²) in [6.07, 6.45) is 1.85. The Morgan fingerprint density at radius 2 is 2.04 bits per heavy atom. The van der Waals surface area contributed by atoms with Crippen LogP contribution in [0.1, 0.15) is 50.7 Å². The van der Waals surface area contributed by atoms with E-state index in [2.05, 4.69) is 4.90 Å². The van der Waals surface area contributed by atoms with E-state index in [0.717, 1.165) is 43.6 Å². The number of hydrogen-bond acceptors (Lipinski definition) is 5. The molecule has 0 bridgehead atoms. The molecule has 1 aromatic carbocycles. The molecule has 0 atom stereocenters. The summed E-state index contributed by atoms with van der Waals surface area (Å²) < 4.78 is 0. The van der Waals surface area contributed by atoms with Gasteiger partial charge in [0.15, 0.2) is 0 Å². The van der Waals surface area contributed by atoms with Crippen LogP contribution in [0.5, 0.6) is 0 Å². The number of rotatable bonds is 8. The van der Waals surface area contributed by atoms with Crippen molar-refractivity contribution >= 4 is 11.7 Å². The van der Waals surface area contributed by atoms with Crippen LogP contribution in [0.2, 0.25) is 0 Å². The van der Waals surface area contributed by atoms with E-state index in [0.29, 0.717) is 12.6 Å². The van der Waals surface area contributed by atoms with Crippen molar-refractivity contribution in [1.82, 2.24) is 9.80 Å². The van der Waals surface area contributed by atoms with Gasteiger partial charge in [-0.25, -0.2) is 0 Å². The van der Waals surface area contributed by atoms with E-state index in [1.807, 2.05) is 37.8 Å². The van der Waals surface area contributed by atoms with Crippen LogP contribution in [-0.4, -0.2) is 58.0 Å². The molecule has 1 heterocycles. The van der Waals surface area contributed by atoms with Crippen molar-refractivity contribution in [2.45, 2.75) is 52.1 Å². The van der Waals surface area contributed by atoms with Gasteiger partial charge in [0.25, 0.3) is 5.69 Å². The summed E-state index contributed by atoms with van der Waals surface area (Å²) in [6, 6.07) is 5.85. The van der Waals surface area contributed by atoms with Crippen LogP contribution in [0.3, 0.4) is 0 Å². The third-order valence-electron chi connectivity index (χ3n) is 5.14. The Kier molecular flexibility index (Phi) is 7.11. The zero-order valence-electron chi connectivity index (χ0n) is 15.9. The maximum Gasteiger partial charge on any atom is 0.317 e. The Morgan fingerprint density at radius 3 is 2.54 bits per heavy atom. The van der Waals surface area contributed by atoms with Gasteiger partial charge in [-0.15, -0.1) is 0 Å². The summed E-state index contributed by atoms with van der Waals surface area (Å²) >= 11 is 0. The van der Waals surface area contributed by atoms with Gasteiger partial charge >= 0.3 is 5.97 Å². The lowest BCUT2D eigenvalue weighted by Gasteiger charge is -2.37. The van der Waals surface area contributed by atoms with E-state index < -0.39 is 5.97 Å². The molecule has 1 aromatic rings. The lowest BCUT2D eigenvalue weighted by Crippen LogP contribution is -2.46. The topological polar surface area (TPSA) is 86.9 Å². The summed E-state index contributed by atoms with van der Waals surface area (Å²) in [6.45, 7) is 9.18. The largest absolute Gasteiger partial charge is 0.480 e. The Labute approximate surface area is 154 Å². The molecule has 1 N–H and O–H groups in total. The highest BCUT2D eigenvalue weighted by atomic mass is 16.6. The summed E-state index contributed by atoms with van der Waals surface area (Å²) in [5, 5.41) is 20.4. The van der Waals surface area contributed by atoms with E-state index in [9.17, 15) is 14.9 Å². The number of carboxylic acid groups (broad SMARTS) is 1. The number of nitro benzene ring substituents is 1. The number of likely N-dealkylation sites (tertiary alicyclic amines) is 1. The molecule has 144 valence electrons. The first-order valence-corrected chi connectivity index (χ1v) is 9.27. The van der Waals surface area contributed by atoms with Gasteiger partial charge in [-0.3, -0.25) is 24.7 Å². The van der Waals surface area contributed by atoms with E-state index >= 15 is 0 Å². The summed E-state index contributed by atoms with van der Waals surface area (Å²) in [4.78, 5) is 26.3. The second-order valence-electron chi connectivity index (χ2n) is 7.27. The first-order chi connectivity index (χ1) is 12.3. The molecule has 26 heavy (non-hydrogen) atoms. The SMILES string of the molecule is CCN(CC(=O)O)C1CCN(Cc2ccc(C(C)C)c([N+](=O)[O-])c2)CC1. The zero-order valence-corrected chi connectivity index (χ0v) is 15.9. The predicted molar refractivity (Wildman–Crippen MR) is 100 cm³/mol. The number of carbonyl (C=O) groups is 1. The molecule has 0 aromatic heterocycles. The van der Waals surface area contributed by atoms with E-state index in [-0.39, 0.29) is 23.1 Å². The molecule has 0 radical (unpaired) electrons. The van der Waals surface area contributed by atoms with Crippen LogP contribution >= 0.6 is 0 Å². The minimum atomic E-state index is -0.785. The van der Waals surface area contributed by atoms with Crippen molar-refractivity contribution in [3.63, 3.8) is 0 Å². The first-order valence-electron chi connectivity index (χ1n) is 9.27. The molecule has 1 fully saturated rings. The fourth-order valence-electron chi connectivity index (χ4n) is 3.71. The van der Waals surface area contributed by atoms with Crippen molar-refractivity contribution < 1.29 is 14.8 Å². The van der Waals surface area contributed by atoms with Crippen molar-refractivity contribution in [3.8, 4) is 0 Å². The number of hydrogen-bond donors (Lipinski definition) is 1. The molecule has 1 aliphatic heterocycles. The highest BCUT2D eigenvalue weighted by Gasteiger charge is 2.25. The highest BCUT2D eigenvalue weighted by molar-refractivity contribution is 5.69. The molecule has 0 saturated carbocycles. The molecule has 1 saturated heterocycles. The predicted octanol–water partition coefficient (Wildman–Crippen LogP) is 3.09. The lowest BCUT2D eigenvalue weighted by atomic mass is 9.98. The van der Waals surface area contributed by atoms with Crippen LogP contribution in [0.15, 0.2) is 18.2 Å². The van der Waals surface area contributed by atoms with Crippen molar-refractivity contribution in [2.24, 2.45) is 0 Å². The Balaban J connectivity index is 1.98.